The first-order valence-electron chi connectivity index (χ1n) is 10.8. The number of methoxy groups -OCH3 is 1. The van der Waals surface area contributed by atoms with E-state index in [0.29, 0.717) is 22.0 Å². The third kappa shape index (κ3) is 3.54. The van der Waals surface area contributed by atoms with E-state index in [1.54, 1.807) is 55.6 Å². The second-order valence-electron chi connectivity index (χ2n) is 8.23. The van der Waals surface area contributed by atoms with E-state index in [4.69, 9.17) is 9.72 Å². The minimum Gasteiger partial charge on any atom is -0.507 e. The van der Waals surface area contributed by atoms with Crippen LogP contribution < -0.4 is 9.64 Å². The molecule has 1 amide bonds. The number of thiazole rings is 1. The maximum atomic E-state index is 13.4. The van der Waals surface area contributed by atoms with Crippen molar-refractivity contribution in [2.24, 2.45) is 0 Å². The van der Waals surface area contributed by atoms with Crippen molar-refractivity contribution in [3.8, 4) is 5.75 Å². The fourth-order valence-electron chi connectivity index (χ4n) is 4.34. The van der Waals surface area contributed by atoms with Crippen molar-refractivity contribution in [3.05, 3.63) is 94.6 Å². The fraction of sp³-hybridized carbons (Fsp3) is 0.148. The highest BCUT2D eigenvalue weighted by Gasteiger charge is 2.48. The maximum Gasteiger partial charge on any atom is 0.301 e. The third-order valence-electron chi connectivity index (χ3n) is 5.95. The van der Waals surface area contributed by atoms with E-state index in [2.05, 4.69) is 0 Å². The van der Waals surface area contributed by atoms with Gasteiger partial charge in [-0.2, -0.15) is 0 Å². The van der Waals surface area contributed by atoms with Crippen molar-refractivity contribution in [1.82, 2.24) is 4.98 Å². The third-order valence-corrected chi connectivity index (χ3v) is 6.95. The standard InChI is InChI=1S/C27H22N2O4S/c1-15-13-16(2)22-20(14-15)34-27(28-22)29-23(17-9-11-19(33-3)12-10-17)21(25(31)26(29)32)24(30)18-7-5-4-6-8-18/h4-14,23,30H,1-3H3/t23-/m0/s1. The fourth-order valence-corrected chi connectivity index (χ4v) is 5.51. The molecule has 7 heteroatoms. The molecule has 0 bridgehead atoms. The number of hydrogen-bond acceptors (Lipinski definition) is 6. The summed E-state index contributed by atoms with van der Waals surface area (Å²) in [5.74, 6) is -1.02. The quantitative estimate of drug-likeness (QED) is 0.240. The van der Waals surface area contributed by atoms with E-state index in [-0.39, 0.29) is 11.3 Å². The van der Waals surface area contributed by atoms with E-state index in [9.17, 15) is 14.7 Å². The van der Waals surface area contributed by atoms with Crippen molar-refractivity contribution in [3.63, 3.8) is 0 Å². The molecule has 1 atom stereocenters. The lowest BCUT2D eigenvalue weighted by atomic mass is 9.95. The number of rotatable bonds is 4. The summed E-state index contributed by atoms with van der Waals surface area (Å²) in [6.45, 7) is 3.98. The number of aromatic nitrogens is 1. The molecule has 1 saturated heterocycles. The summed E-state index contributed by atoms with van der Waals surface area (Å²) in [6, 6.07) is 19.1. The average molecular weight is 471 g/mol. The number of benzene rings is 3. The van der Waals surface area contributed by atoms with E-state index in [0.717, 1.165) is 21.3 Å². The molecule has 34 heavy (non-hydrogen) atoms. The molecule has 170 valence electrons. The molecular formula is C27H22N2O4S. The van der Waals surface area contributed by atoms with E-state index >= 15 is 0 Å². The predicted octanol–water partition coefficient (Wildman–Crippen LogP) is 5.55. The van der Waals surface area contributed by atoms with Crippen molar-refractivity contribution < 1.29 is 19.4 Å². The Bertz CT molecular complexity index is 1460. The number of ether oxygens (including phenoxy) is 1. The highest BCUT2D eigenvalue weighted by molar-refractivity contribution is 7.22. The summed E-state index contributed by atoms with van der Waals surface area (Å²) < 4.78 is 6.21. The van der Waals surface area contributed by atoms with E-state index < -0.39 is 17.7 Å². The highest BCUT2D eigenvalue weighted by atomic mass is 32.1. The number of fused-ring (bicyclic) bond motifs is 1. The maximum absolute atomic E-state index is 13.4. The number of carbonyl (C=O) groups is 2. The minimum absolute atomic E-state index is 0.0357. The molecule has 6 nitrogen and oxygen atoms in total. The number of nitrogens with zero attached hydrogens (tertiary/aromatic N) is 2. The first kappa shape index (κ1) is 21.9. The van der Waals surface area contributed by atoms with Gasteiger partial charge in [0.25, 0.3) is 5.78 Å². The van der Waals surface area contributed by atoms with Crippen LogP contribution in [0.15, 0.2) is 72.3 Å². The van der Waals surface area contributed by atoms with Gasteiger partial charge in [0.1, 0.15) is 11.5 Å². The van der Waals surface area contributed by atoms with Crippen molar-refractivity contribution >= 4 is 44.1 Å². The van der Waals surface area contributed by atoms with Gasteiger partial charge in [-0.15, -0.1) is 0 Å². The van der Waals surface area contributed by atoms with Crippen LogP contribution in [0.5, 0.6) is 5.75 Å². The van der Waals surface area contributed by atoms with Crippen LogP contribution in [0.2, 0.25) is 0 Å². The molecule has 0 spiro atoms. The van der Waals surface area contributed by atoms with Gasteiger partial charge >= 0.3 is 5.91 Å². The zero-order valence-corrected chi connectivity index (χ0v) is 19.7. The predicted molar refractivity (Wildman–Crippen MR) is 133 cm³/mol. The van der Waals surface area contributed by atoms with Crippen LogP contribution in [-0.4, -0.2) is 28.9 Å². The Morgan fingerprint density at radius 2 is 1.74 bits per heavy atom. The number of hydrogen-bond donors (Lipinski definition) is 1. The van der Waals surface area contributed by atoms with Crippen LogP contribution >= 0.6 is 11.3 Å². The van der Waals surface area contributed by atoms with Crippen molar-refractivity contribution in [2.45, 2.75) is 19.9 Å². The Hall–Kier alpha value is -3.97. The second kappa shape index (κ2) is 8.43. The van der Waals surface area contributed by atoms with Crippen LogP contribution in [-0.2, 0) is 9.59 Å². The summed E-state index contributed by atoms with van der Waals surface area (Å²) in [4.78, 5) is 32.8. The molecule has 1 N–H and O–H groups in total. The van der Waals surface area contributed by atoms with Crippen LogP contribution in [0.1, 0.15) is 28.3 Å². The molecule has 1 fully saturated rings. The summed E-state index contributed by atoms with van der Waals surface area (Å²) in [7, 11) is 1.57. The van der Waals surface area contributed by atoms with Crippen LogP contribution in [0, 0.1) is 13.8 Å². The monoisotopic (exact) mass is 470 g/mol. The first-order valence-corrected chi connectivity index (χ1v) is 11.6. The Morgan fingerprint density at radius 3 is 2.41 bits per heavy atom. The number of aliphatic hydroxyl groups excluding tert-OH is 1. The second-order valence-corrected chi connectivity index (χ2v) is 9.24. The number of amides is 1. The Kier molecular flexibility index (Phi) is 5.42. The lowest BCUT2D eigenvalue weighted by molar-refractivity contribution is -0.132. The molecule has 1 aliphatic heterocycles. The number of carbonyl (C=O) groups excluding carboxylic acids is 2. The molecule has 0 unspecified atom stereocenters. The molecule has 1 aliphatic rings. The molecule has 0 radical (unpaired) electrons. The summed E-state index contributed by atoms with van der Waals surface area (Å²) in [6.07, 6.45) is 0. The van der Waals surface area contributed by atoms with Gasteiger partial charge in [-0.25, -0.2) is 4.98 Å². The Morgan fingerprint density at radius 1 is 1.03 bits per heavy atom. The molecule has 5 rings (SSSR count). The SMILES string of the molecule is COc1ccc([C@H]2C(=C(O)c3ccccc3)C(=O)C(=O)N2c2nc3c(C)cc(C)cc3s2)cc1. The summed E-state index contributed by atoms with van der Waals surface area (Å²) in [5.41, 5.74) is 4.06. The van der Waals surface area contributed by atoms with Gasteiger partial charge in [0, 0.05) is 5.56 Å². The van der Waals surface area contributed by atoms with Gasteiger partial charge in [0.05, 0.1) is 28.9 Å². The van der Waals surface area contributed by atoms with E-state index in [1.165, 1.54) is 16.2 Å². The molecule has 1 aromatic heterocycles. The number of ketones is 1. The largest absolute Gasteiger partial charge is 0.507 e. The smallest absolute Gasteiger partial charge is 0.301 e. The molecule has 0 aliphatic carbocycles. The van der Waals surface area contributed by atoms with Crippen LogP contribution in [0.25, 0.3) is 16.0 Å². The topological polar surface area (TPSA) is 79.7 Å². The normalized spacial score (nSPS) is 17.5. The number of aliphatic hydroxyl groups is 1. The summed E-state index contributed by atoms with van der Waals surface area (Å²) in [5, 5.41) is 11.6. The van der Waals surface area contributed by atoms with Gasteiger partial charge in [-0.05, 0) is 48.7 Å². The van der Waals surface area contributed by atoms with Gasteiger partial charge in [0.15, 0.2) is 5.13 Å². The lowest BCUT2D eigenvalue weighted by Crippen LogP contribution is -2.29. The van der Waals surface area contributed by atoms with Crippen molar-refractivity contribution in [2.75, 3.05) is 12.0 Å². The van der Waals surface area contributed by atoms with Crippen molar-refractivity contribution in [1.29, 1.82) is 0 Å². The number of Topliss-reactive ketones (excluding diaryl/α,β-unsaturated/α-hetero) is 1. The zero-order chi connectivity index (χ0) is 24.0. The van der Waals surface area contributed by atoms with Gasteiger partial charge < -0.3 is 9.84 Å². The highest BCUT2D eigenvalue weighted by Crippen LogP contribution is 2.44. The molecule has 2 heterocycles. The van der Waals surface area contributed by atoms with Gasteiger partial charge in [-0.1, -0.05) is 59.9 Å². The zero-order valence-electron chi connectivity index (χ0n) is 18.9. The van der Waals surface area contributed by atoms with Crippen LogP contribution in [0.3, 0.4) is 0 Å². The number of aryl methyl sites for hydroxylation is 2. The molecular weight excluding hydrogens is 448 g/mol. The molecule has 3 aromatic carbocycles. The average Bonchev–Trinajstić information content (AvgIpc) is 3.38. The molecule has 4 aromatic rings. The Balaban J connectivity index is 1.74. The number of anilines is 1. The lowest BCUT2D eigenvalue weighted by Gasteiger charge is -2.23. The Labute approximate surface area is 200 Å². The van der Waals surface area contributed by atoms with Crippen LogP contribution in [0.4, 0.5) is 5.13 Å². The van der Waals surface area contributed by atoms with Gasteiger partial charge in [-0.3, -0.25) is 14.5 Å². The summed E-state index contributed by atoms with van der Waals surface area (Å²) >= 11 is 1.36. The first-order chi connectivity index (χ1) is 16.4. The minimum atomic E-state index is -0.826. The van der Waals surface area contributed by atoms with Gasteiger partial charge in [0.2, 0.25) is 0 Å². The molecule has 0 saturated carbocycles. The van der Waals surface area contributed by atoms with E-state index in [1.807, 2.05) is 32.0 Å².